The first-order valence-corrected chi connectivity index (χ1v) is 29.6. The van der Waals surface area contributed by atoms with Gasteiger partial charge in [0.15, 0.2) is 13.2 Å². The third kappa shape index (κ3) is 23.9. The van der Waals surface area contributed by atoms with E-state index in [2.05, 4.69) is 65.6 Å². The van der Waals surface area contributed by atoms with E-state index in [0.29, 0.717) is 50.1 Å². The molecule has 424 valence electrons. The molecule has 3 aromatic carbocycles. The summed E-state index contributed by atoms with van der Waals surface area (Å²) in [4.78, 5) is 36.7. The largest absolute Gasteiger partial charge is 0.491 e. The fourth-order valence-electron chi connectivity index (χ4n) is 11.0. The number of carbonyl (C=O) groups excluding carboxylic acids is 3. The lowest BCUT2D eigenvalue weighted by Crippen LogP contribution is -2.37. The van der Waals surface area contributed by atoms with Crippen molar-refractivity contribution in [2.45, 2.75) is 214 Å². The zero-order chi connectivity index (χ0) is 54.5. The van der Waals surface area contributed by atoms with Gasteiger partial charge in [-0.05, 0) is 95.8 Å². The first-order valence-electron chi connectivity index (χ1n) is 29.6. The zero-order valence-corrected chi connectivity index (χ0v) is 47.9. The molecule has 3 saturated carbocycles. The van der Waals surface area contributed by atoms with Crippen molar-refractivity contribution in [3.63, 3.8) is 0 Å². The van der Waals surface area contributed by atoms with Gasteiger partial charge >= 0.3 is 6.03 Å². The zero-order valence-electron chi connectivity index (χ0n) is 47.9. The van der Waals surface area contributed by atoms with Crippen molar-refractivity contribution < 1.29 is 33.7 Å². The van der Waals surface area contributed by atoms with E-state index < -0.39 is 6.10 Å². The van der Waals surface area contributed by atoms with Crippen LogP contribution in [0.2, 0.25) is 0 Å². The predicted octanol–water partition coefficient (Wildman–Crippen LogP) is 11.6. The topological polar surface area (TPSA) is 163 Å². The molecule has 76 heavy (non-hydrogen) atoms. The van der Waals surface area contributed by atoms with Crippen molar-refractivity contribution in [2.24, 2.45) is 23.7 Å². The number of hydrogen-bond acceptors (Lipinski definition) is 10. The lowest BCUT2D eigenvalue weighted by Gasteiger charge is -2.25. The standard InChI is InChI=1S/C21H31N3O3.C21H34N2O2.C21H35NO2/c1-16(13-17-7-3-2-4-8-17)23-14-18-9-5-6-10-19(18)27-15-20(25)24-12-11-22-21(24)26;1-16(2)23-21(24)15-25-20-12-8-7-11-19(20)14-22-17(3)13-18-9-5-4-6-10-18;1-16(2)20(23)15-24-21-12-8-7-11-19(21)14-22-17(3)13-18-9-5-4-6-10-18/h5-6,9-10,16-17,23H,2-4,7-8,11-15H2,1H3,(H,22,26);7-8,11-12,16-18,22H,4-6,9-10,13-15H2,1-3H3,(H,23,24);7-8,11-12,16-18,20,22-23H,4-6,9-10,13-15H2,1-3H3. The summed E-state index contributed by atoms with van der Waals surface area (Å²) in [5.74, 6) is 4.82. The Bertz CT molecular complexity index is 2100. The number of rotatable bonds is 26. The number of aliphatic hydroxyl groups excluding tert-OH is 1. The Hall–Kier alpha value is -4.69. The van der Waals surface area contributed by atoms with Crippen LogP contribution in [0.25, 0.3) is 0 Å². The van der Waals surface area contributed by atoms with Crippen molar-refractivity contribution in [1.29, 1.82) is 0 Å². The molecule has 4 aliphatic rings. The molecule has 4 fully saturated rings. The van der Waals surface area contributed by atoms with Crippen LogP contribution in [-0.2, 0) is 29.2 Å². The van der Waals surface area contributed by atoms with Gasteiger partial charge in [0.1, 0.15) is 23.9 Å². The van der Waals surface area contributed by atoms with Crippen molar-refractivity contribution in [3.05, 3.63) is 89.5 Å². The highest BCUT2D eigenvalue weighted by Crippen LogP contribution is 2.30. The van der Waals surface area contributed by atoms with E-state index in [1.807, 2.05) is 82.3 Å². The normalized spacial score (nSPS) is 18.1. The Kier molecular flexibility index (Phi) is 28.6. The van der Waals surface area contributed by atoms with Gasteiger partial charge in [0.2, 0.25) is 0 Å². The summed E-state index contributed by atoms with van der Waals surface area (Å²) in [5.41, 5.74) is 3.31. The minimum atomic E-state index is -0.420. The number of aliphatic hydroxyl groups is 1. The SMILES string of the molecule is CC(C)NC(=O)COc1ccccc1CNC(C)CC1CCCCC1.CC(CC1CCCCC1)NCc1ccccc1OCC(=O)N1CCNC1=O.CC(CC1CCCCC1)NCc1ccccc1OCC(O)C(C)C. The molecular formula is C63H100N6O7. The van der Waals surface area contributed by atoms with Crippen LogP contribution in [0.4, 0.5) is 4.79 Å². The maximum atomic E-state index is 12.2. The molecule has 1 saturated heterocycles. The molecule has 13 heteroatoms. The molecule has 3 aliphatic carbocycles. The van der Waals surface area contributed by atoms with E-state index in [1.54, 1.807) is 0 Å². The van der Waals surface area contributed by atoms with Crippen LogP contribution in [0.1, 0.15) is 181 Å². The molecule has 0 aromatic heterocycles. The van der Waals surface area contributed by atoms with E-state index in [9.17, 15) is 19.5 Å². The number of para-hydroxylation sites is 3. The maximum Gasteiger partial charge on any atom is 0.324 e. The minimum Gasteiger partial charge on any atom is -0.491 e. The number of ether oxygens (including phenoxy) is 3. The second-order valence-electron chi connectivity index (χ2n) is 23.1. The smallest absolute Gasteiger partial charge is 0.324 e. The van der Waals surface area contributed by atoms with E-state index in [4.69, 9.17) is 14.2 Å². The molecule has 7 rings (SSSR count). The van der Waals surface area contributed by atoms with Crippen LogP contribution in [0, 0.1) is 23.7 Å². The number of urea groups is 1. The average molecular weight is 1050 g/mol. The number of imide groups is 1. The average Bonchev–Trinajstić information content (AvgIpc) is 3.86. The summed E-state index contributed by atoms with van der Waals surface area (Å²) in [6.45, 7) is 18.2. The monoisotopic (exact) mass is 1050 g/mol. The fraction of sp³-hybridized carbons (Fsp3) is 0.667. The van der Waals surface area contributed by atoms with Gasteiger partial charge in [-0.15, -0.1) is 0 Å². The van der Waals surface area contributed by atoms with Crippen LogP contribution in [-0.4, -0.2) is 91.0 Å². The van der Waals surface area contributed by atoms with Gasteiger partial charge in [-0.25, -0.2) is 4.79 Å². The molecule has 4 amide bonds. The van der Waals surface area contributed by atoms with E-state index in [1.165, 1.54) is 126 Å². The Morgan fingerprint density at radius 2 is 0.947 bits per heavy atom. The van der Waals surface area contributed by atoms with Crippen LogP contribution < -0.4 is 40.8 Å². The number of hydrogen-bond donors (Lipinski definition) is 6. The summed E-state index contributed by atoms with van der Waals surface area (Å²) in [6, 6.07) is 25.2. The quantitative estimate of drug-likeness (QED) is 0.0456. The van der Waals surface area contributed by atoms with Crippen LogP contribution >= 0.6 is 0 Å². The molecule has 1 aliphatic heterocycles. The highest BCUT2D eigenvalue weighted by Gasteiger charge is 2.27. The van der Waals surface area contributed by atoms with Crippen molar-refractivity contribution in [2.75, 3.05) is 32.9 Å². The predicted molar refractivity (Wildman–Crippen MR) is 308 cm³/mol. The van der Waals surface area contributed by atoms with Gasteiger partial charge in [-0.2, -0.15) is 0 Å². The maximum absolute atomic E-state index is 12.2. The summed E-state index contributed by atoms with van der Waals surface area (Å²) in [6.07, 6.45) is 24.2. The Morgan fingerprint density at radius 3 is 1.32 bits per heavy atom. The van der Waals surface area contributed by atoms with E-state index in [-0.39, 0.29) is 43.0 Å². The molecule has 13 nitrogen and oxygen atoms in total. The second kappa shape index (κ2) is 34.9. The minimum absolute atomic E-state index is 0.0623. The first-order chi connectivity index (χ1) is 36.7. The van der Waals surface area contributed by atoms with Crippen molar-refractivity contribution in [1.82, 2.24) is 31.5 Å². The van der Waals surface area contributed by atoms with Gasteiger partial charge in [-0.1, -0.05) is 165 Å². The Morgan fingerprint density at radius 1 is 0.566 bits per heavy atom. The lowest BCUT2D eigenvalue weighted by molar-refractivity contribution is -0.129. The summed E-state index contributed by atoms with van der Waals surface area (Å²) in [5, 5.41) is 26.3. The van der Waals surface area contributed by atoms with Gasteiger partial charge < -0.3 is 45.9 Å². The number of nitrogens with one attached hydrogen (secondary N) is 5. The molecule has 0 spiro atoms. The van der Waals surface area contributed by atoms with Crippen LogP contribution in [0.15, 0.2) is 72.8 Å². The third-order valence-electron chi connectivity index (χ3n) is 15.6. The molecule has 3 aromatic rings. The Balaban J connectivity index is 0.000000211. The summed E-state index contributed by atoms with van der Waals surface area (Å²) >= 11 is 0. The Labute approximate surface area is 458 Å². The number of nitrogens with zero attached hydrogens (tertiary/aromatic N) is 1. The third-order valence-corrected chi connectivity index (χ3v) is 15.6. The molecule has 1 heterocycles. The molecule has 0 bridgehead atoms. The van der Waals surface area contributed by atoms with Crippen molar-refractivity contribution >= 4 is 17.8 Å². The van der Waals surface area contributed by atoms with Crippen molar-refractivity contribution in [3.8, 4) is 17.2 Å². The van der Waals surface area contributed by atoms with E-state index in [0.717, 1.165) is 53.5 Å². The second-order valence-corrected chi connectivity index (χ2v) is 23.1. The van der Waals surface area contributed by atoms with Crippen LogP contribution in [0.3, 0.4) is 0 Å². The van der Waals surface area contributed by atoms with Gasteiger partial charge in [0.05, 0.1) is 6.10 Å². The molecule has 4 atom stereocenters. The molecular weight excluding hydrogens is 953 g/mol. The molecule has 4 unspecified atom stereocenters. The fourth-order valence-corrected chi connectivity index (χ4v) is 11.0. The number of carbonyl (C=O) groups is 3. The highest BCUT2D eigenvalue weighted by atomic mass is 16.5. The van der Waals surface area contributed by atoms with Gasteiger partial charge in [0.25, 0.3) is 11.8 Å². The highest BCUT2D eigenvalue weighted by molar-refractivity contribution is 5.96. The van der Waals surface area contributed by atoms with Crippen LogP contribution in [0.5, 0.6) is 17.2 Å². The van der Waals surface area contributed by atoms with E-state index >= 15 is 0 Å². The number of amides is 4. The van der Waals surface area contributed by atoms with Gasteiger partial charge in [0, 0.05) is 73.6 Å². The lowest BCUT2D eigenvalue weighted by atomic mass is 9.85. The summed E-state index contributed by atoms with van der Waals surface area (Å²) < 4.78 is 17.3. The summed E-state index contributed by atoms with van der Waals surface area (Å²) in [7, 11) is 0. The van der Waals surface area contributed by atoms with Gasteiger partial charge in [-0.3, -0.25) is 14.5 Å². The molecule has 6 N–H and O–H groups in total. The molecule has 0 radical (unpaired) electrons. The first kappa shape index (κ1) is 62.2. The number of benzene rings is 3.